The van der Waals surface area contributed by atoms with Crippen LogP contribution in [0.1, 0.15) is 41.8 Å². The van der Waals surface area contributed by atoms with Gasteiger partial charge in [0.25, 0.3) is 5.91 Å². The number of hydrogen-bond donors (Lipinski definition) is 2. The number of urea groups is 1. The van der Waals surface area contributed by atoms with Crippen LogP contribution in [-0.4, -0.2) is 42.4 Å². The number of amides is 4. The zero-order valence-electron chi connectivity index (χ0n) is 17.7. The number of carbonyl (C=O) groups is 4. The fourth-order valence-corrected chi connectivity index (χ4v) is 3.48. The van der Waals surface area contributed by atoms with Gasteiger partial charge >= 0.3 is 12.0 Å². The van der Waals surface area contributed by atoms with Gasteiger partial charge in [-0.15, -0.1) is 0 Å². The van der Waals surface area contributed by atoms with Gasteiger partial charge in [0.15, 0.2) is 0 Å². The largest absolute Gasteiger partial charge is 0.465 e. The molecule has 0 radical (unpaired) electrons. The number of nitrogens with zero attached hydrogens (tertiary/aromatic N) is 1. The lowest BCUT2D eigenvalue weighted by Gasteiger charge is -2.22. The first-order valence-electron chi connectivity index (χ1n) is 10.00. The van der Waals surface area contributed by atoms with E-state index in [2.05, 4.69) is 22.3 Å². The number of anilines is 1. The number of hydrogen-bond acceptors (Lipinski definition) is 5. The molecule has 1 atom stereocenters. The zero-order chi connectivity index (χ0) is 22.6. The summed E-state index contributed by atoms with van der Waals surface area (Å²) in [6, 6.07) is 13.0. The summed E-state index contributed by atoms with van der Waals surface area (Å²) in [6.07, 6.45) is 1.95. The predicted octanol–water partition coefficient (Wildman–Crippen LogP) is 2.83. The Morgan fingerprint density at radius 3 is 2.29 bits per heavy atom. The van der Waals surface area contributed by atoms with E-state index in [0.717, 1.165) is 23.3 Å². The molecule has 8 nitrogen and oxygen atoms in total. The number of aryl methyl sites for hydroxylation is 1. The maximum Gasteiger partial charge on any atom is 0.337 e. The average Bonchev–Trinajstić information content (AvgIpc) is 2.98. The first-order valence-corrected chi connectivity index (χ1v) is 10.00. The molecule has 0 spiro atoms. The smallest absolute Gasteiger partial charge is 0.337 e. The Morgan fingerprint density at radius 2 is 1.71 bits per heavy atom. The second kappa shape index (κ2) is 8.99. The molecule has 1 aliphatic rings. The molecule has 1 saturated heterocycles. The van der Waals surface area contributed by atoms with E-state index in [9.17, 15) is 19.2 Å². The summed E-state index contributed by atoms with van der Waals surface area (Å²) >= 11 is 0. The van der Waals surface area contributed by atoms with Gasteiger partial charge in [0.2, 0.25) is 5.91 Å². The van der Waals surface area contributed by atoms with Crippen LogP contribution in [0.2, 0.25) is 0 Å². The number of benzene rings is 2. The third-order valence-electron chi connectivity index (χ3n) is 5.24. The molecule has 0 bridgehead atoms. The van der Waals surface area contributed by atoms with E-state index < -0.39 is 35.9 Å². The molecule has 31 heavy (non-hydrogen) atoms. The highest BCUT2D eigenvalue weighted by molar-refractivity contribution is 6.10. The highest BCUT2D eigenvalue weighted by Gasteiger charge is 2.49. The monoisotopic (exact) mass is 423 g/mol. The van der Waals surface area contributed by atoms with Crippen molar-refractivity contribution in [3.63, 3.8) is 0 Å². The minimum atomic E-state index is -1.23. The maximum absolute atomic E-state index is 13.0. The van der Waals surface area contributed by atoms with Crippen molar-refractivity contribution >= 4 is 29.5 Å². The molecule has 3 rings (SSSR count). The zero-order valence-corrected chi connectivity index (χ0v) is 17.7. The Hall–Kier alpha value is -3.68. The number of carbonyl (C=O) groups excluding carboxylic acids is 4. The molecule has 0 aromatic heterocycles. The first-order chi connectivity index (χ1) is 14.8. The summed E-state index contributed by atoms with van der Waals surface area (Å²) in [4.78, 5) is 50.2. The van der Waals surface area contributed by atoms with Crippen molar-refractivity contribution in [3.8, 4) is 0 Å². The number of imide groups is 1. The Balaban J connectivity index is 1.67. The van der Waals surface area contributed by atoms with Gasteiger partial charge in [0.1, 0.15) is 12.1 Å². The third-order valence-corrected chi connectivity index (χ3v) is 5.24. The number of rotatable bonds is 7. The Kier molecular flexibility index (Phi) is 6.39. The highest BCUT2D eigenvalue weighted by Crippen LogP contribution is 2.29. The van der Waals surface area contributed by atoms with Crippen LogP contribution in [0.3, 0.4) is 0 Å². The van der Waals surface area contributed by atoms with Crippen LogP contribution in [0.5, 0.6) is 0 Å². The topological polar surface area (TPSA) is 105 Å². The van der Waals surface area contributed by atoms with Gasteiger partial charge in [-0.05, 0) is 48.7 Å². The SMILES string of the molecule is CCCc1ccc([C@@]2(C)NC(=O)N(CC(=O)Nc3ccc(C(=O)OC)cc3)C2=O)cc1. The molecule has 1 aliphatic heterocycles. The molecule has 0 unspecified atom stereocenters. The number of esters is 1. The van der Waals surface area contributed by atoms with E-state index in [1.165, 1.54) is 31.4 Å². The molecular weight excluding hydrogens is 398 g/mol. The first kappa shape index (κ1) is 22.0. The van der Waals surface area contributed by atoms with Crippen molar-refractivity contribution in [2.75, 3.05) is 19.0 Å². The van der Waals surface area contributed by atoms with Gasteiger partial charge < -0.3 is 15.4 Å². The van der Waals surface area contributed by atoms with E-state index in [1.807, 2.05) is 24.3 Å². The summed E-state index contributed by atoms with van der Waals surface area (Å²) in [6.45, 7) is 3.30. The summed E-state index contributed by atoms with van der Waals surface area (Å²) in [5.74, 6) is -1.51. The molecule has 1 fully saturated rings. The van der Waals surface area contributed by atoms with E-state index >= 15 is 0 Å². The maximum atomic E-state index is 13.0. The fourth-order valence-electron chi connectivity index (χ4n) is 3.48. The Bertz CT molecular complexity index is 1000. The highest BCUT2D eigenvalue weighted by atomic mass is 16.5. The molecule has 8 heteroatoms. The van der Waals surface area contributed by atoms with Crippen LogP contribution in [0.4, 0.5) is 10.5 Å². The van der Waals surface area contributed by atoms with Gasteiger partial charge in [-0.25, -0.2) is 9.59 Å². The van der Waals surface area contributed by atoms with Gasteiger partial charge in [0, 0.05) is 5.69 Å². The minimum Gasteiger partial charge on any atom is -0.465 e. The lowest BCUT2D eigenvalue weighted by Crippen LogP contribution is -2.42. The average molecular weight is 423 g/mol. The second-order valence-corrected chi connectivity index (χ2v) is 7.51. The van der Waals surface area contributed by atoms with Crippen molar-refractivity contribution in [1.29, 1.82) is 0 Å². The standard InChI is InChI=1S/C23H25N3O5/c1-4-5-15-6-10-17(11-7-15)23(2)21(29)26(22(30)25-23)14-19(27)24-18-12-8-16(9-13-18)20(28)31-3/h6-13H,4-5,14H2,1-3H3,(H,24,27)(H,25,30)/t23-/m1/s1. The van der Waals surface area contributed by atoms with Crippen molar-refractivity contribution in [2.24, 2.45) is 0 Å². The minimum absolute atomic E-state index is 0.343. The van der Waals surface area contributed by atoms with Crippen LogP contribution in [-0.2, 0) is 26.3 Å². The molecule has 2 aromatic carbocycles. The van der Waals surface area contributed by atoms with Crippen molar-refractivity contribution in [1.82, 2.24) is 10.2 Å². The molecule has 0 saturated carbocycles. The van der Waals surface area contributed by atoms with E-state index in [-0.39, 0.29) is 0 Å². The van der Waals surface area contributed by atoms with Crippen molar-refractivity contribution in [2.45, 2.75) is 32.2 Å². The number of ether oxygens (including phenoxy) is 1. The molecule has 0 aliphatic carbocycles. The summed E-state index contributed by atoms with van der Waals surface area (Å²) in [5, 5.41) is 5.32. The lowest BCUT2D eigenvalue weighted by atomic mass is 9.91. The van der Waals surface area contributed by atoms with Crippen molar-refractivity contribution < 1.29 is 23.9 Å². The Labute approximate surface area is 180 Å². The van der Waals surface area contributed by atoms with Gasteiger partial charge in [-0.1, -0.05) is 37.6 Å². The molecule has 2 N–H and O–H groups in total. The van der Waals surface area contributed by atoms with E-state index in [1.54, 1.807) is 6.92 Å². The summed E-state index contributed by atoms with van der Waals surface area (Å²) in [7, 11) is 1.28. The van der Waals surface area contributed by atoms with Crippen LogP contribution in [0.15, 0.2) is 48.5 Å². The molecule has 162 valence electrons. The molecule has 1 heterocycles. The second-order valence-electron chi connectivity index (χ2n) is 7.51. The normalized spacial score (nSPS) is 18.0. The van der Waals surface area contributed by atoms with Gasteiger partial charge in [0.05, 0.1) is 12.7 Å². The molecule has 2 aromatic rings. The van der Waals surface area contributed by atoms with E-state index in [4.69, 9.17) is 0 Å². The summed E-state index contributed by atoms with van der Waals surface area (Å²) < 4.78 is 4.63. The van der Waals surface area contributed by atoms with Crippen LogP contribution in [0.25, 0.3) is 0 Å². The van der Waals surface area contributed by atoms with E-state index in [0.29, 0.717) is 16.8 Å². The van der Waals surface area contributed by atoms with Gasteiger partial charge in [-0.2, -0.15) is 0 Å². The van der Waals surface area contributed by atoms with Crippen LogP contribution in [0, 0.1) is 0 Å². The number of methoxy groups -OCH3 is 1. The van der Waals surface area contributed by atoms with Crippen LogP contribution >= 0.6 is 0 Å². The predicted molar refractivity (Wildman–Crippen MR) is 114 cm³/mol. The Morgan fingerprint density at radius 1 is 1.06 bits per heavy atom. The fraction of sp³-hybridized carbons (Fsp3) is 0.304. The molecular formula is C23H25N3O5. The lowest BCUT2D eigenvalue weighted by molar-refractivity contribution is -0.133. The third kappa shape index (κ3) is 4.58. The summed E-state index contributed by atoms with van der Waals surface area (Å²) in [5.41, 5.74) is 1.35. The van der Waals surface area contributed by atoms with Crippen molar-refractivity contribution in [3.05, 3.63) is 65.2 Å². The molecule has 4 amide bonds. The number of nitrogens with one attached hydrogen (secondary N) is 2. The quantitative estimate of drug-likeness (QED) is 0.526. The van der Waals surface area contributed by atoms with Crippen LogP contribution < -0.4 is 10.6 Å². The van der Waals surface area contributed by atoms with Gasteiger partial charge in [-0.3, -0.25) is 14.5 Å².